The zero-order valence-corrected chi connectivity index (χ0v) is 17.3. The summed E-state index contributed by atoms with van der Waals surface area (Å²) in [5.74, 6) is -0.301. The van der Waals surface area contributed by atoms with E-state index < -0.39 is 11.7 Å². The largest absolute Gasteiger partial charge is 0.444 e. The highest BCUT2D eigenvalue weighted by Gasteiger charge is 2.15. The van der Waals surface area contributed by atoms with Gasteiger partial charge < -0.3 is 15.4 Å². The van der Waals surface area contributed by atoms with Gasteiger partial charge in [-0.3, -0.25) is 15.6 Å². The number of hydrogen-bond donors (Lipinski definition) is 4. The lowest BCUT2D eigenvalue weighted by Gasteiger charge is -2.19. The van der Waals surface area contributed by atoms with E-state index in [-0.39, 0.29) is 24.0 Å². The molecule has 0 bridgehead atoms. The smallest absolute Gasteiger partial charge is 0.407 e. The number of anilines is 1. The number of carbonyl (C=O) groups excluding carboxylic acids is 2. The van der Waals surface area contributed by atoms with Crippen molar-refractivity contribution >= 4 is 35.0 Å². The normalized spacial score (nSPS) is 10.7. The summed E-state index contributed by atoms with van der Waals surface area (Å²) in [5.41, 5.74) is 6.67. The predicted molar refractivity (Wildman–Crippen MR) is 111 cm³/mol. The number of thiocarbonyl (C=S) groups is 1. The quantitative estimate of drug-likeness (QED) is 0.419. The molecule has 4 N–H and O–H groups in total. The fourth-order valence-corrected chi connectivity index (χ4v) is 2.25. The molecule has 0 aliphatic carbocycles. The Morgan fingerprint density at radius 1 is 1.11 bits per heavy atom. The fraction of sp³-hybridized carbons (Fsp3) is 0.526. The average Bonchev–Trinajstić information content (AvgIpc) is 2.58. The van der Waals surface area contributed by atoms with Crippen molar-refractivity contribution in [1.29, 1.82) is 0 Å². The van der Waals surface area contributed by atoms with Crippen LogP contribution in [-0.2, 0) is 16.0 Å². The number of nitrogens with one attached hydrogen (secondary N) is 4. The third-order valence-corrected chi connectivity index (χ3v) is 3.57. The monoisotopic (exact) mass is 394 g/mol. The molecule has 1 aromatic carbocycles. The van der Waals surface area contributed by atoms with Crippen LogP contribution in [0, 0.1) is 0 Å². The molecule has 0 aromatic heterocycles. The Morgan fingerprint density at radius 3 is 2.37 bits per heavy atom. The minimum atomic E-state index is -0.569. The average molecular weight is 395 g/mol. The molecule has 1 rings (SSSR count). The van der Waals surface area contributed by atoms with Crippen LogP contribution >= 0.6 is 12.2 Å². The van der Waals surface area contributed by atoms with Gasteiger partial charge in [0.1, 0.15) is 5.60 Å². The molecule has 0 aliphatic heterocycles. The highest BCUT2D eigenvalue weighted by atomic mass is 32.1. The summed E-state index contributed by atoms with van der Waals surface area (Å²) in [6.45, 7) is 7.66. The van der Waals surface area contributed by atoms with Gasteiger partial charge in [0.15, 0.2) is 5.11 Å². The number of unbranched alkanes of at least 4 members (excludes halogenated alkanes) is 1. The highest BCUT2D eigenvalue weighted by molar-refractivity contribution is 7.80. The second kappa shape index (κ2) is 11.4. The van der Waals surface area contributed by atoms with Gasteiger partial charge in [0.05, 0.1) is 0 Å². The second-order valence-corrected chi connectivity index (χ2v) is 7.51. The maximum Gasteiger partial charge on any atom is 0.407 e. The first kappa shape index (κ1) is 22.7. The lowest BCUT2D eigenvalue weighted by atomic mass is 10.1. The Morgan fingerprint density at radius 2 is 1.78 bits per heavy atom. The van der Waals surface area contributed by atoms with Crippen LogP contribution in [0.2, 0.25) is 0 Å². The van der Waals surface area contributed by atoms with Crippen LogP contribution in [0.25, 0.3) is 0 Å². The van der Waals surface area contributed by atoms with E-state index in [4.69, 9.17) is 17.0 Å². The van der Waals surface area contributed by atoms with Crippen LogP contribution in [0.5, 0.6) is 0 Å². The van der Waals surface area contributed by atoms with Gasteiger partial charge in [-0.1, -0.05) is 25.5 Å². The lowest BCUT2D eigenvalue weighted by molar-refractivity contribution is -0.121. The van der Waals surface area contributed by atoms with E-state index in [0.717, 1.165) is 12.1 Å². The number of hydrazine groups is 1. The predicted octanol–water partition coefficient (Wildman–Crippen LogP) is 3.26. The van der Waals surface area contributed by atoms with E-state index in [1.807, 2.05) is 12.1 Å². The number of ether oxygens (including phenoxy) is 1. The highest BCUT2D eigenvalue weighted by Crippen LogP contribution is 2.11. The van der Waals surface area contributed by atoms with Crippen LogP contribution in [0.3, 0.4) is 0 Å². The Labute approximate surface area is 166 Å². The molecule has 0 saturated carbocycles. The van der Waals surface area contributed by atoms with E-state index in [1.54, 1.807) is 20.8 Å². The first-order valence-electron chi connectivity index (χ1n) is 9.11. The van der Waals surface area contributed by atoms with E-state index in [2.05, 4.69) is 40.5 Å². The van der Waals surface area contributed by atoms with Crippen molar-refractivity contribution in [3.63, 3.8) is 0 Å². The molecule has 0 aliphatic rings. The summed E-state index contributed by atoms with van der Waals surface area (Å²) in [5, 5.41) is 5.80. The third kappa shape index (κ3) is 11.1. The molecule has 0 fully saturated rings. The number of benzene rings is 1. The number of rotatable bonds is 7. The zero-order valence-electron chi connectivity index (χ0n) is 16.5. The van der Waals surface area contributed by atoms with E-state index >= 15 is 0 Å². The van der Waals surface area contributed by atoms with Crippen LogP contribution in [0.15, 0.2) is 24.3 Å². The first-order chi connectivity index (χ1) is 12.7. The summed E-state index contributed by atoms with van der Waals surface area (Å²) in [6.07, 6.45) is 2.94. The van der Waals surface area contributed by atoms with Crippen molar-refractivity contribution in [1.82, 2.24) is 16.2 Å². The van der Waals surface area contributed by atoms with Gasteiger partial charge in [0.2, 0.25) is 5.91 Å². The van der Waals surface area contributed by atoms with Gasteiger partial charge in [-0.15, -0.1) is 0 Å². The molecule has 7 nitrogen and oxygen atoms in total. The minimum absolute atomic E-state index is 0.0982. The van der Waals surface area contributed by atoms with Crippen molar-refractivity contribution in [2.75, 3.05) is 11.9 Å². The molecule has 0 radical (unpaired) electrons. The number of hydrogen-bond acceptors (Lipinski definition) is 4. The topological polar surface area (TPSA) is 91.5 Å². The number of amides is 2. The fourth-order valence-electron chi connectivity index (χ4n) is 2.08. The molecule has 150 valence electrons. The Hall–Kier alpha value is -2.35. The van der Waals surface area contributed by atoms with Gasteiger partial charge in [-0.25, -0.2) is 4.79 Å². The van der Waals surface area contributed by atoms with Crippen LogP contribution < -0.4 is 21.5 Å². The molecular formula is C19H30N4O3S. The SMILES string of the molecule is CCCCc1ccc(NC(=S)NNC(=O)CCNC(=O)OC(C)(C)C)cc1. The molecule has 27 heavy (non-hydrogen) atoms. The van der Waals surface area contributed by atoms with Crippen molar-refractivity contribution in [2.45, 2.75) is 59.0 Å². The number of carbonyl (C=O) groups is 2. The Kier molecular flexibility index (Phi) is 9.56. The second-order valence-electron chi connectivity index (χ2n) is 7.11. The van der Waals surface area contributed by atoms with Gasteiger partial charge >= 0.3 is 6.09 Å². The summed E-state index contributed by atoms with van der Waals surface area (Å²) in [6, 6.07) is 8.01. The van der Waals surface area contributed by atoms with E-state index in [1.165, 1.54) is 18.4 Å². The number of alkyl carbamates (subject to hydrolysis) is 1. The van der Waals surface area contributed by atoms with Crippen molar-refractivity contribution < 1.29 is 14.3 Å². The zero-order chi connectivity index (χ0) is 20.3. The Bertz CT molecular complexity index is 627. The maximum absolute atomic E-state index is 11.8. The molecule has 0 spiro atoms. The molecule has 2 amide bonds. The molecule has 0 unspecified atom stereocenters. The van der Waals surface area contributed by atoms with Crippen LogP contribution in [0.1, 0.15) is 52.5 Å². The number of aryl methyl sites for hydroxylation is 1. The summed E-state index contributed by atoms with van der Waals surface area (Å²) >= 11 is 5.14. The Balaban J connectivity index is 2.23. The summed E-state index contributed by atoms with van der Waals surface area (Å²) < 4.78 is 5.09. The standard InChI is InChI=1S/C19H30N4O3S/c1-5-6-7-14-8-10-15(11-9-14)21-17(27)23-22-16(24)12-13-20-18(25)26-19(2,3)4/h8-11H,5-7,12-13H2,1-4H3,(H,20,25)(H,22,24)(H2,21,23,27). The maximum atomic E-state index is 11.8. The molecule has 0 atom stereocenters. The molecular weight excluding hydrogens is 364 g/mol. The van der Waals surface area contributed by atoms with Crippen molar-refractivity contribution in [3.8, 4) is 0 Å². The molecule has 8 heteroatoms. The van der Waals surface area contributed by atoms with E-state index in [9.17, 15) is 9.59 Å². The van der Waals surface area contributed by atoms with Crippen molar-refractivity contribution in [2.24, 2.45) is 0 Å². The summed E-state index contributed by atoms with van der Waals surface area (Å²) in [4.78, 5) is 23.2. The molecule has 0 saturated heterocycles. The van der Waals surface area contributed by atoms with E-state index in [0.29, 0.717) is 0 Å². The molecule has 1 aromatic rings. The minimum Gasteiger partial charge on any atom is -0.444 e. The first-order valence-corrected chi connectivity index (χ1v) is 9.52. The van der Waals surface area contributed by atoms with Crippen molar-refractivity contribution in [3.05, 3.63) is 29.8 Å². The van der Waals surface area contributed by atoms with Gasteiger partial charge in [0, 0.05) is 18.7 Å². The lowest BCUT2D eigenvalue weighted by Crippen LogP contribution is -2.44. The van der Waals surface area contributed by atoms with Gasteiger partial charge in [-0.2, -0.15) is 0 Å². The van der Waals surface area contributed by atoms with Crippen LogP contribution in [0.4, 0.5) is 10.5 Å². The third-order valence-electron chi connectivity index (χ3n) is 3.37. The van der Waals surface area contributed by atoms with Gasteiger partial charge in [-0.05, 0) is 63.5 Å². The van der Waals surface area contributed by atoms with Gasteiger partial charge in [0.25, 0.3) is 0 Å². The van der Waals surface area contributed by atoms with Crippen LogP contribution in [-0.4, -0.2) is 29.3 Å². The summed E-state index contributed by atoms with van der Waals surface area (Å²) in [7, 11) is 0. The molecule has 0 heterocycles.